The number of rotatable bonds is 1. The Morgan fingerprint density at radius 2 is 2.05 bits per heavy atom. The van der Waals surface area contributed by atoms with Crippen LogP contribution in [0.4, 0.5) is 10.6 Å². The Morgan fingerprint density at radius 1 is 1.18 bits per heavy atom. The minimum atomic E-state index is -0.846. The van der Waals surface area contributed by atoms with Crippen LogP contribution in [0.25, 0.3) is 10.9 Å². The first kappa shape index (κ1) is 13.0. The van der Waals surface area contributed by atoms with Crippen molar-refractivity contribution in [3.05, 3.63) is 30.6 Å². The number of urea groups is 1. The Hall–Kier alpha value is -2.70. The third-order valence-corrected chi connectivity index (χ3v) is 4.33. The number of imide groups is 1. The molecule has 3 amide bonds. The lowest BCUT2D eigenvalue weighted by Gasteiger charge is -2.38. The first-order valence-electron chi connectivity index (χ1n) is 7.26. The molecule has 1 aromatic heterocycles. The van der Waals surface area contributed by atoms with Gasteiger partial charge in [0.2, 0.25) is 0 Å². The Bertz CT molecular complexity index is 772. The minimum Gasteiger partial charge on any atom is -0.353 e. The zero-order valence-corrected chi connectivity index (χ0v) is 11.9. The summed E-state index contributed by atoms with van der Waals surface area (Å²) in [5, 5.41) is 6.07. The molecule has 1 unspecified atom stereocenters. The largest absolute Gasteiger partial charge is 0.353 e. The van der Waals surface area contributed by atoms with Crippen LogP contribution in [-0.4, -0.2) is 40.5 Å². The predicted molar refractivity (Wildman–Crippen MR) is 80.4 cm³/mol. The summed E-state index contributed by atoms with van der Waals surface area (Å²) in [6, 6.07) is 7.36. The second-order valence-corrected chi connectivity index (χ2v) is 5.73. The second-order valence-electron chi connectivity index (χ2n) is 5.73. The fourth-order valence-electron chi connectivity index (χ4n) is 3.29. The van der Waals surface area contributed by atoms with E-state index in [0.717, 1.165) is 29.7 Å². The Kier molecular flexibility index (Phi) is 2.75. The molecule has 0 saturated carbocycles. The van der Waals surface area contributed by atoms with Crippen LogP contribution in [-0.2, 0) is 4.79 Å². The van der Waals surface area contributed by atoms with Crippen molar-refractivity contribution in [2.45, 2.75) is 18.4 Å². The fraction of sp³-hybridized carbons (Fsp3) is 0.333. The summed E-state index contributed by atoms with van der Waals surface area (Å²) < 4.78 is 0. The van der Waals surface area contributed by atoms with Crippen LogP contribution in [0.3, 0.4) is 0 Å². The van der Waals surface area contributed by atoms with E-state index >= 15 is 0 Å². The van der Waals surface area contributed by atoms with Crippen molar-refractivity contribution in [1.29, 1.82) is 0 Å². The van der Waals surface area contributed by atoms with Crippen LogP contribution in [0.15, 0.2) is 30.6 Å². The lowest BCUT2D eigenvalue weighted by atomic mass is 9.89. The van der Waals surface area contributed by atoms with Crippen molar-refractivity contribution < 1.29 is 9.59 Å². The van der Waals surface area contributed by atoms with Gasteiger partial charge >= 0.3 is 6.03 Å². The van der Waals surface area contributed by atoms with E-state index in [1.807, 2.05) is 24.3 Å². The van der Waals surface area contributed by atoms with Crippen LogP contribution in [0.5, 0.6) is 0 Å². The maximum Gasteiger partial charge on any atom is 0.322 e. The van der Waals surface area contributed by atoms with Crippen LogP contribution in [0.2, 0.25) is 0 Å². The Balaban J connectivity index is 1.73. The molecular formula is C15H15N5O2. The molecule has 3 heterocycles. The number of piperidine rings is 1. The number of benzene rings is 1. The Morgan fingerprint density at radius 3 is 2.86 bits per heavy atom. The zero-order chi connectivity index (χ0) is 15.2. The van der Waals surface area contributed by atoms with Gasteiger partial charge in [-0.05, 0) is 25.0 Å². The number of carbonyl (C=O) groups is 2. The molecule has 0 aliphatic carbocycles. The van der Waals surface area contributed by atoms with Crippen molar-refractivity contribution >= 4 is 28.7 Å². The van der Waals surface area contributed by atoms with Crippen molar-refractivity contribution in [3.63, 3.8) is 0 Å². The highest BCUT2D eigenvalue weighted by Crippen LogP contribution is 2.30. The van der Waals surface area contributed by atoms with Crippen molar-refractivity contribution in [2.24, 2.45) is 0 Å². The number of fused-ring (bicyclic) bond motifs is 1. The van der Waals surface area contributed by atoms with E-state index in [2.05, 4.69) is 25.5 Å². The second kappa shape index (κ2) is 4.66. The molecule has 7 heteroatoms. The predicted octanol–water partition coefficient (Wildman–Crippen LogP) is 0.808. The summed E-state index contributed by atoms with van der Waals surface area (Å²) in [6.07, 6.45) is 2.99. The SMILES string of the molecule is O=C1NC(=O)C2(CCCN(c3ncnc4ccccc34)C2)N1. The van der Waals surface area contributed by atoms with Gasteiger partial charge in [-0.1, -0.05) is 12.1 Å². The van der Waals surface area contributed by atoms with Gasteiger partial charge in [-0.15, -0.1) is 0 Å². The normalized spacial score (nSPS) is 24.6. The van der Waals surface area contributed by atoms with Crippen LogP contribution in [0, 0.1) is 0 Å². The van der Waals surface area contributed by atoms with E-state index < -0.39 is 11.6 Å². The van der Waals surface area contributed by atoms with Crippen LogP contribution in [0.1, 0.15) is 12.8 Å². The van der Waals surface area contributed by atoms with E-state index in [1.54, 1.807) is 0 Å². The van der Waals surface area contributed by atoms with Crippen LogP contribution >= 0.6 is 0 Å². The molecule has 1 spiro atoms. The third-order valence-electron chi connectivity index (χ3n) is 4.33. The number of para-hydroxylation sites is 1. The number of nitrogens with one attached hydrogen (secondary N) is 2. The smallest absolute Gasteiger partial charge is 0.322 e. The maximum atomic E-state index is 12.1. The topological polar surface area (TPSA) is 87.2 Å². The van der Waals surface area contributed by atoms with Gasteiger partial charge in [-0.25, -0.2) is 14.8 Å². The highest BCUT2D eigenvalue weighted by atomic mass is 16.2. The average Bonchev–Trinajstić information content (AvgIpc) is 2.80. The summed E-state index contributed by atoms with van der Waals surface area (Å²) in [6.45, 7) is 1.22. The lowest BCUT2D eigenvalue weighted by Crippen LogP contribution is -2.58. The van der Waals surface area contributed by atoms with Gasteiger partial charge in [0, 0.05) is 11.9 Å². The summed E-state index contributed by atoms with van der Waals surface area (Å²) in [5.41, 5.74) is 0.0218. The van der Waals surface area contributed by atoms with Crippen LogP contribution < -0.4 is 15.5 Å². The number of anilines is 1. The molecule has 1 aromatic carbocycles. The molecule has 0 radical (unpaired) electrons. The fourth-order valence-corrected chi connectivity index (χ4v) is 3.29. The zero-order valence-electron chi connectivity index (χ0n) is 11.9. The van der Waals surface area contributed by atoms with Gasteiger partial charge in [-0.3, -0.25) is 10.1 Å². The molecule has 22 heavy (non-hydrogen) atoms. The summed E-state index contributed by atoms with van der Waals surface area (Å²) in [5.74, 6) is 0.555. The number of hydrogen-bond donors (Lipinski definition) is 2. The van der Waals surface area contributed by atoms with Crippen molar-refractivity contribution in [1.82, 2.24) is 20.6 Å². The molecule has 4 rings (SSSR count). The summed E-state index contributed by atoms with van der Waals surface area (Å²) in [7, 11) is 0. The van der Waals surface area contributed by atoms with Gasteiger partial charge in [-0.2, -0.15) is 0 Å². The van der Waals surface area contributed by atoms with E-state index in [9.17, 15) is 9.59 Å². The number of aromatic nitrogens is 2. The molecular weight excluding hydrogens is 282 g/mol. The lowest BCUT2D eigenvalue weighted by molar-refractivity contribution is -0.124. The summed E-state index contributed by atoms with van der Waals surface area (Å²) >= 11 is 0. The highest BCUT2D eigenvalue weighted by molar-refractivity contribution is 6.07. The van der Waals surface area contributed by atoms with E-state index in [1.165, 1.54) is 6.33 Å². The van der Waals surface area contributed by atoms with Gasteiger partial charge in [0.25, 0.3) is 5.91 Å². The maximum absolute atomic E-state index is 12.1. The molecule has 2 aliphatic rings. The Labute approximate surface area is 126 Å². The number of hydrogen-bond acceptors (Lipinski definition) is 5. The van der Waals surface area contributed by atoms with Gasteiger partial charge in [0.15, 0.2) is 0 Å². The molecule has 0 bridgehead atoms. The molecule has 2 N–H and O–H groups in total. The molecule has 2 saturated heterocycles. The van der Waals surface area contributed by atoms with Crippen molar-refractivity contribution in [2.75, 3.05) is 18.0 Å². The van der Waals surface area contributed by atoms with Gasteiger partial charge < -0.3 is 10.2 Å². The first-order valence-corrected chi connectivity index (χ1v) is 7.26. The highest BCUT2D eigenvalue weighted by Gasteiger charge is 2.49. The molecule has 1 atom stereocenters. The molecule has 2 aliphatic heterocycles. The molecule has 7 nitrogen and oxygen atoms in total. The van der Waals surface area contributed by atoms with Crippen molar-refractivity contribution in [3.8, 4) is 0 Å². The number of amides is 3. The third kappa shape index (κ3) is 1.89. The van der Waals surface area contributed by atoms with E-state index in [4.69, 9.17) is 0 Å². The van der Waals surface area contributed by atoms with Gasteiger partial charge in [0.05, 0.1) is 12.1 Å². The molecule has 2 fully saturated rings. The summed E-state index contributed by atoms with van der Waals surface area (Å²) in [4.78, 5) is 34.4. The quantitative estimate of drug-likeness (QED) is 0.761. The molecule has 2 aromatic rings. The number of carbonyl (C=O) groups excluding carboxylic acids is 2. The van der Waals surface area contributed by atoms with E-state index in [-0.39, 0.29) is 5.91 Å². The monoisotopic (exact) mass is 297 g/mol. The molecule has 112 valence electrons. The standard InChI is InChI=1S/C15H15N5O2/c21-13-15(19-14(22)18-13)6-3-7-20(8-15)12-10-4-1-2-5-11(10)16-9-17-12/h1-2,4-5,9H,3,6-8H2,(H2,18,19,21,22). The average molecular weight is 297 g/mol. The number of nitrogens with zero attached hydrogens (tertiary/aromatic N) is 3. The first-order chi connectivity index (χ1) is 10.7. The van der Waals surface area contributed by atoms with E-state index in [0.29, 0.717) is 13.0 Å². The van der Waals surface area contributed by atoms with Gasteiger partial charge in [0.1, 0.15) is 17.7 Å². The minimum absolute atomic E-state index is 0.249.